The highest BCUT2D eigenvalue weighted by atomic mass is 31.2. The van der Waals surface area contributed by atoms with Crippen LogP contribution in [0.1, 0.15) is 362 Å². The summed E-state index contributed by atoms with van der Waals surface area (Å²) in [5, 5.41) is 10.7. The molecular formula is C89H154O17P2. The Morgan fingerprint density at radius 1 is 0.269 bits per heavy atom. The van der Waals surface area contributed by atoms with Gasteiger partial charge >= 0.3 is 39.5 Å². The van der Waals surface area contributed by atoms with E-state index >= 15 is 0 Å². The number of rotatable bonds is 80. The zero-order valence-electron chi connectivity index (χ0n) is 68.2. The van der Waals surface area contributed by atoms with E-state index in [1.165, 1.54) is 77.0 Å². The van der Waals surface area contributed by atoms with Crippen LogP contribution in [-0.2, 0) is 65.4 Å². The standard InChI is InChI=1S/C89H154O17P2/c1-5-9-13-17-21-25-29-33-37-39-41-43-47-50-54-58-62-66-70-74-87(92)100-80-85(106-89(94)76-72-68-64-60-56-52-48-44-42-40-38-34-30-26-22-18-14-10-6-2)82-104-108(97,98)102-78-83(90)77-101-107(95,96)103-81-84(105-88(93)75-71-67-63-59-55-51-46-36-32-28-24-20-16-12-8-4)79-99-86(91)73-69-65-61-57-53-49-45-35-31-27-23-19-15-11-7-3/h9,13,21-23,25-27,33-38,41-46,83-85,90H,5-8,10-12,14-20,24,28-32,39-40,47-82H2,1-4H3,(H,95,96)(H,97,98)/b13-9-,25-21-,26-22-,27-23-,37-33-,38-34-,43-41-,44-42-,45-35-,46-36-. The number of phosphoric acid groups is 2. The van der Waals surface area contributed by atoms with E-state index in [0.29, 0.717) is 25.7 Å². The summed E-state index contributed by atoms with van der Waals surface area (Å²) < 4.78 is 68.8. The molecule has 0 aliphatic rings. The van der Waals surface area contributed by atoms with E-state index in [2.05, 4.69) is 149 Å². The van der Waals surface area contributed by atoms with Gasteiger partial charge in [-0.3, -0.25) is 37.3 Å². The fourth-order valence-corrected chi connectivity index (χ4v) is 12.9. The number of carbonyl (C=O) groups excluding carboxylic acids is 4. The lowest BCUT2D eigenvalue weighted by molar-refractivity contribution is -0.161. The van der Waals surface area contributed by atoms with Crippen molar-refractivity contribution in [1.82, 2.24) is 0 Å². The van der Waals surface area contributed by atoms with Crippen molar-refractivity contribution in [2.75, 3.05) is 39.6 Å². The number of aliphatic hydroxyl groups is 1. The lowest BCUT2D eigenvalue weighted by Gasteiger charge is -2.21. The highest BCUT2D eigenvalue weighted by Crippen LogP contribution is 2.45. The smallest absolute Gasteiger partial charge is 0.462 e. The van der Waals surface area contributed by atoms with Gasteiger partial charge in [0, 0.05) is 25.7 Å². The fraction of sp³-hybridized carbons (Fsp3) is 0.730. The highest BCUT2D eigenvalue weighted by Gasteiger charge is 2.30. The van der Waals surface area contributed by atoms with Gasteiger partial charge in [-0.2, -0.15) is 0 Å². The minimum absolute atomic E-state index is 0.0747. The molecule has 0 spiro atoms. The summed E-state index contributed by atoms with van der Waals surface area (Å²) in [6.07, 6.45) is 90.1. The third-order valence-electron chi connectivity index (χ3n) is 17.9. The minimum Gasteiger partial charge on any atom is -0.462 e. The van der Waals surface area contributed by atoms with Gasteiger partial charge in [-0.1, -0.05) is 297 Å². The van der Waals surface area contributed by atoms with E-state index in [0.717, 1.165) is 205 Å². The quantitative estimate of drug-likeness (QED) is 0.0169. The molecule has 0 radical (unpaired) electrons. The Morgan fingerprint density at radius 2 is 0.481 bits per heavy atom. The number of unbranched alkanes of at least 4 members (excludes halogenated alkanes) is 34. The van der Waals surface area contributed by atoms with Crippen LogP contribution in [0.4, 0.5) is 0 Å². The predicted molar refractivity (Wildman–Crippen MR) is 445 cm³/mol. The maximum absolute atomic E-state index is 13.1. The average Bonchev–Trinajstić information content (AvgIpc) is 0.896. The summed E-state index contributed by atoms with van der Waals surface area (Å²) in [5.74, 6) is -2.21. The van der Waals surface area contributed by atoms with Gasteiger partial charge in [-0.15, -0.1) is 0 Å². The molecule has 108 heavy (non-hydrogen) atoms. The van der Waals surface area contributed by atoms with Crippen molar-refractivity contribution in [3.05, 3.63) is 122 Å². The Bertz CT molecular complexity index is 2520. The van der Waals surface area contributed by atoms with Crippen LogP contribution in [0.25, 0.3) is 0 Å². The first-order chi connectivity index (χ1) is 52.7. The second-order valence-electron chi connectivity index (χ2n) is 28.4. The fourth-order valence-electron chi connectivity index (χ4n) is 11.4. The van der Waals surface area contributed by atoms with Crippen LogP contribution in [0, 0.1) is 0 Å². The van der Waals surface area contributed by atoms with Crippen LogP contribution in [-0.4, -0.2) is 96.7 Å². The number of ether oxygens (including phenoxy) is 4. The van der Waals surface area contributed by atoms with Crippen molar-refractivity contribution < 1.29 is 80.2 Å². The second kappa shape index (κ2) is 80.5. The van der Waals surface area contributed by atoms with Crippen molar-refractivity contribution >= 4 is 39.5 Å². The van der Waals surface area contributed by atoms with Crippen molar-refractivity contribution in [1.29, 1.82) is 0 Å². The maximum Gasteiger partial charge on any atom is 0.472 e. The molecule has 0 aliphatic heterocycles. The molecule has 5 atom stereocenters. The van der Waals surface area contributed by atoms with Crippen LogP contribution < -0.4 is 0 Å². The van der Waals surface area contributed by atoms with Gasteiger partial charge in [0.1, 0.15) is 19.3 Å². The monoisotopic (exact) mass is 1560 g/mol. The molecule has 0 heterocycles. The lowest BCUT2D eigenvalue weighted by Crippen LogP contribution is -2.30. The molecule has 622 valence electrons. The minimum atomic E-state index is -4.99. The highest BCUT2D eigenvalue weighted by molar-refractivity contribution is 7.47. The van der Waals surface area contributed by atoms with E-state index in [-0.39, 0.29) is 25.7 Å². The molecule has 0 amide bonds. The molecule has 5 unspecified atom stereocenters. The van der Waals surface area contributed by atoms with E-state index in [1.807, 2.05) is 0 Å². The Labute approximate surface area is 657 Å². The third kappa shape index (κ3) is 79.5. The molecule has 0 fully saturated rings. The second-order valence-corrected chi connectivity index (χ2v) is 31.3. The van der Waals surface area contributed by atoms with E-state index < -0.39 is 97.5 Å². The van der Waals surface area contributed by atoms with Crippen LogP contribution >= 0.6 is 15.6 Å². The lowest BCUT2D eigenvalue weighted by atomic mass is 10.1. The Hall–Kier alpha value is -4.54. The summed E-state index contributed by atoms with van der Waals surface area (Å²) in [7, 11) is -9.98. The normalized spacial score (nSPS) is 14.4. The van der Waals surface area contributed by atoms with Crippen molar-refractivity contribution in [3.63, 3.8) is 0 Å². The van der Waals surface area contributed by atoms with Gasteiger partial charge in [0.2, 0.25) is 0 Å². The molecule has 0 saturated heterocycles. The van der Waals surface area contributed by atoms with E-state index in [9.17, 15) is 43.2 Å². The molecule has 19 heteroatoms. The first-order valence-corrected chi connectivity index (χ1v) is 45.8. The van der Waals surface area contributed by atoms with Gasteiger partial charge in [0.25, 0.3) is 0 Å². The summed E-state index contributed by atoms with van der Waals surface area (Å²) >= 11 is 0. The SMILES string of the molecule is CC/C=C\C/C=C\C/C=C\C/C=C\CCCCCCCCC(=O)OCC(COP(=O)(O)OCC(O)COP(=O)(O)OCC(COC(=O)CCCCCCC/C=C\C/C=C\CCCCC)OC(=O)CCCCCCC/C=C\CCCCCCCC)OC(=O)CCCCCCCC/C=C\C/C=C\C/C=C\CCCCC. The molecule has 17 nitrogen and oxygen atoms in total. The van der Waals surface area contributed by atoms with Gasteiger partial charge in [0.05, 0.1) is 26.4 Å². The Balaban J connectivity index is 5.41. The number of esters is 4. The third-order valence-corrected chi connectivity index (χ3v) is 19.8. The average molecular weight is 1560 g/mol. The largest absolute Gasteiger partial charge is 0.472 e. The van der Waals surface area contributed by atoms with Crippen LogP contribution in [0.2, 0.25) is 0 Å². The molecule has 0 rings (SSSR count). The van der Waals surface area contributed by atoms with Gasteiger partial charge in [-0.25, -0.2) is 9.13 Å². The maximum atomic E-state index is 13.1. The van der Waals surface area contributed by atoms with Gasteiger partial charge in [0.15, 0.2) is 12.2 Å². The number of hydrogen-bond donors (Lipinski definition) is 3. The number of hydrogen-bond acceptors (Lipinski definition) is 15. The summed E-state index contributed by atoms with van der Waals surface area (Å²) in [6, 6.07) is 0. The number of phosphoric ester groups is 2. The van der Waals surface area contributed by atoms with E-state index in [1.54, 1.807) is 0 Å². The molecule has 0 aromatic heterocycles. The van der Waals surface area contributed by atoms with E-state index in [4.69, 9.17) is 37.0 Å². The topological polar surface area (TPSA) is 237 Å². The molecule has 0 bridgehead atoms. The number of carbonyl (C=O) groups is 4. The number of allylic oxidation sites excluding steroid dienone is 20. The van der Waals surface area contributed by atoms with Crippen molar-refractivity contribution in [3.8, 4) is 0 Å². The van der Waals surface area contributed by atoms with Crippen LogP contribution in [0.5, 0.6) is 0 Å². The summed E-state index contributed by atoms with van der Waals surface area (Å²) in [5.41, 5.74) is 0. The Morgan fingerprint density at radius 3 is 0.769 bits per heavy atom. The van der Waals surface area contributed by atoms with Crippen molar-refractivity contribution in [2.24, 2.45) is 0 Å². The Kier molecular flexibility index (Phi) is 77.1. The molecular weight excluding hydrogens is 1400 g/mol. The van der Waals surface area contributed by atoms with Crippen LogP contribution in [0.3, 0.4) is 0 Å². The first-order valence-electron chi connectivity index (χ1n) is 42.8. The molecule has 0 saturated carbocycles. The molecule has 0 aliphatic carbocycles. The summed E-state index contributed by atoms with van der Waals surface area (Å²) in [6.45, 7) is 4.70. The molecule has 0 aromatic rings. The number of aliphatic hydroxyl groups excluding tert-OH is 1. The first kappa shape index (κ1) is 103. The molecule has 3 N–H and O–H groups in total. The van der Waals surface area contributed by atoms with Crippen LogP contribution in [0.15, 0.2) is 122 Å². The predicted octanol–water partition coefficient (Wildman–Crippen LogP) is 25.5. The van der Waals surface area contributed by atoms with Crippen molar-refractivity contribution in [2.45, 2.75) is 380 Å². The zero-order chi connectivity index (χ0) is 78.9. The van der Waals surface area contributed by atoms with Gasteiger partial charge < -0.3 is 33.8 Å². The molecule has 0 aromatic carbocycles. The van der Waals surface area contributed by atoms with Gasteiger partial charge in [-0.05, 0) is 161 Å². The summed E-state index contributed by atoms with van der Waals surface area (Å²) in [4.78, 5) is 73.2. The zero-order valence-corrected chi connectivity index (χ0v) is 70.0.